The van der Waals surface area contributed by atoms with Crippen molar-refractivity contribution < 1.29 is 19.1 Å². The van der Waals surface area contributed by atoms with Gasteiger partial charge < -0.3 is 14.8 Å². The van der Waals surface area contributed by atoms with Gasteiger partial charge in [0.05, 0.1) is 19.2 Å². The molecule has 2 N–H and O–H groups in total. The van der Waals surface area contributed by atoms with E-state index >= 15 is 0 Å². The molecule has 0 spiro atoms. The maximum Gasteiger partial charge on any atom is 0.411 e. The van der Waals surface area contributed by atoms with Crippen molar-refractivity contribution in [3.8, 4) is 0 Å². The second-order valence-electron chi connectivity index (χ2n) is 7.08. The highest BCUT2D eigenvalue weighted by molar-refractivity contribution is 6.30. The van der Waals surface area contributed by atoms with Crippen LogP contribution in [0.3, 0.4) is 0 Å². The smallest absolute Gasteiger partial charge is 0.411 e. The highest BCUT2D eigenvalue weighted by Gasteiger charge is 2.15. The molecule has 0 bridgehead atoms. The van der Waals surface area contributed by atoms with Crippen molar-refractivity contribution in [3.05, 3.63) is 82.6 Å². The molecule has 1 atom stereocenters. The van der Waals surface area contributed by atoms with E-state index in [1.807, 2.05) is 19.1 Å². The lowest BCUT2D eigenvalue weighted by atomic mass is 10.1. The molecule has 2 amide bonds. The van der Waals surface area contributed by atoms with Crippen molar-refractivity contribution >= 4 is 29.3 Å². The first kappa shape index (κ1) is 23.3. The Morgan fingerprint density at radius 3 is 2.50 bits per heavy atom. The Bertz CT molecular complexity index is 1030. The number of nitrogens with zero attached hydrogens (tertiary/aromatic N) is 2. The Morgan fingerprint density at radius 1 is 1.09 bits per heavy atom. The molecule has 0 unspecified atom stereocenters. The number of amides is 2. The summed E-state index contributed by atoms with van der Waals surface area (Å²) in [5, 5.41) is 10.4. The second-order valence-corrected chi connectivity index (χ2v) is 7.51. The predicted octanol–water partition coefficient (Wildman–Crippen LogP) is 4.42. The molecule has 8 nitrogen and oxygen atoms in total. The highest BCUT2D eigenvalue weighted by Crippen LogP contribution is 2.17. The van der Waals surface area contributed by atoms with Gasteiger partial charge in [0.2, 0.25) is 0 Å². The Morgan fingerprint density at radius 2 is 1.81 bits per heavy atom. The molecule has 2 aromatic carbocycles. The molecule has 0 aliphatic carbocycles. The van der Waals surface area contributed by atoms with Crippen LogP contribution in [0.15, 0.2) is 60.8 Å². The first-order valence-corrected chi connectivity index (χ1v) is 10.4. The van der Waals surface area contributed by atoms with Gasteiger partial charge in [-0.05, 0) is 48.4 Å². The van der Waals surface area contributed by atoms with E-state index in [4.69, 9.17) is 21.1 Å². The number of carbonyl (C=O) groups is 2. The third-order valence-electron chi connectivity index (χ3n) is 4.74. The monoisotopic (exact) mass is 456 g/mol. The van der Waals surface area contributed by atoms with Crippen molar-refractivity contribution in [2.45, 2.75) is 26.1 Å². The Labute approximate surface area is 191 Å². The number of carbonyl (C=O) groups excluding carboxylic acids is 2. The minimum absolute atomic E-state index is 0.144. The third-order valence-corrected chi connectivity index (χ3v) is 5.00. The number of benzene rings is 2. The number of rotatable bonds is 9. The van der Waals surface area contributed by atoms with Crippen LogP contribution in [0.2, 0.25) is 5.02 Å². The molecule has 9 heteroatoms. The fraction of sp³-hybridized carbons (Fsp3) is 0.261. The number of hydrogen-bond donors (Lipinski definition) is 2. The molecule has 0 aliphatic rings. The third kappa shape index (κ3) is 6.57. The van der Waals surface area contributed by atoms with Crippen LogP contribution in [0.4, 0.5) is 10.5 Å². The Hall–Kier alpha value is -3.36. The largest absolute Gasteiger partial charge is 0.444 e. The minimum atomic E-state index is -0.557. The van der Waals surface area contributed by atoms with E-state index < -0.39 is 6.09 Å². The second kappa shape index (κ2) is 11.3. The van der Waals surface area contributed by atoms with Gasteiger partial charge in [-0.25, -0.2) is 4.79 Å². The topological polar surface area (TPSA) is 94.5 Å². The molecule has 0 aliphatic heterocycles. The predicted molar refractivity (Wildman–Crippen MR) is 122 cm³/mol. The number of nitrogens with one attached hydrogen (secondary N) is 2. The zero-order chi connectivity index (χ0) is 22.9. The summed E-state index contributed by atoms with van der Waals surface area (Å²) in [6.07, 6.45) is 1.03. The van der Waals surface area contributed by atoms with Crippen LogP contribution in [0.5, 0.6) is 0 Å². The van der Waals surface area contributed by atoms with Gasteiger partial charge in [0, 0.05) is 24.0 Å². The van der Waals surface area contributed by atoms with Gasteiger partial charge in [-0.3, -0.25) is 14.8 Å². The van der Waals surface area contributed by atoms with Gasteiger partial charge in [0.25, 0.3) is 5.91 Å². The SMILES string of the molecule is COCCn1nccc1C(=O)N[C@@H](C)c1ccc(NC(=O)OCc2ccc(Cl)cc2)cc1. The number of methoxy groups -OCH3 is 1. The Kier molecular flexibility index (Phi) is 8.24. The lowest BCUT2D eigenvalue weighted by molar-refractivity contribution is 0.0925. The summed E-state index contributed by atoms with van der Waals surface area (Å²) >= 11 is 5.84. The van der Waals surface area contributed by atoms with E-state index in [2.05, 4.69) is 15.7 Å². The van der Waals surface area contributed by atoms with Crippen LogP contribution < -0.4 is 10.6 Å². The van der Waals surface area contributed by atoms with E-state index in [0.29, 0.717) is 29.6 Å². The first-order valence-electron chi connectivity index (χ1n) is 10.1. The summed E-state index contributed by atoms with van der Waals surface area (Å²) in [4.78, 5) is 24.6. The average Bonchev–Trinajstić information content (AvgIpc) is 3.26. The van der Waals surface area contributed by atoms with Crippen molar-refractivity contribution in [2.75, 3.05) is 19.0 Å². The molecular formula is C23H25ClN4O4. The van der Waals surface area contributed by atoms with Crippen LogP contribution in [0.1, 0.15) is 34.6 Å². The van der Waals surface area contributed by atoms with E-state index in [-0.39, 0.29) is 18.6 Å². The summed E-state index contributed by atoms with van der Waals surface area (Å²) in [6, 6.07) is 15.7. The summed E-state index contributed by atoms with van der Waals surface area (Å²) in [7, 11) is 1.60. The number of anilines is 1. The van der Waals surface area contributed by atoms with Crippen LogP contribution in [0.25, 0.3) is 0 Å². The van der Waals surface area contributed by atoms with Crippen molar-refractivity contribution in [1.82, 2.24) is 15.1 Å². The normalized spacial score (nSPS) is 11.6. The standard InChI is InChI=1S/C23H25ClN4O4/c1-16(26-22(29)21-11-12-25-28(21)13-14-31-2)18-5-9-20(10-6-18)27-23(30)32-15-17-3-7-19(24)8-4-17/h3-12,16H,13-15H2,1-2H3,(H,26,29)(H,27,30)/t16-/m0/s1. The average molecular weight is 457 g/mol. The summed E-state index contributed by atoms with van der Waals surface area (Å²) < 4.78 is 11.9. The molecule has 0 fully saturated rings. The summed E-state index contributed by atoms with van der Waals surface area (Å²) in [5.74, 6) is -0.223. The number of halogens is 1. The van der Waals surface area contributed by atoms with Gasteiger partial charge in [0.1, 0.15) is 12.3 Å². The minimum Gasteiger partial charge on any atom is -0.444 e. The zero-order valence-corrected chi connectivity index (χ0v) is 18.6. The fourth-order valence-electron chi connectivity index (χ4n) is 2.97. The van der Waals surface area contributed by atoms with Gasteiger partial charge in [-0.2, -0.15) is 5.10 Å². The van der Waals surface area contributed by atoms with Crippen molar-refractivity contribution in [2.24, 2.45) is 0 Å². The molecule has 0 radical (unpaired) electrons. The number of ether oxygens (including phenoxy) is 2. The number of hydrogen-bond acceptors (Lipinski definition) is 5. The van der Waals surface area contributed by atoms with Crippen molar-refractivity contribution in [3.63, 3.8) is 0 Å². The molecule has 0 saturated heterocycles. The Balaban J connectivity index is 1.51. The zero-order valence-electron chi connectivity index (χ0n) is 17.9. The molecule has 0 saturated carbocycles. The molecule has 1 heterocycles. The van der Waals surface area contributed by atoms with Gasteiger partial charge in [-0.1, -0.05) is 35.9 Å². The molecule has 32 heavy (non-hydrogen) atoms. The van der Waals surface area contributed by atoms with Crippen LogP contribution in [-0.2, 0) is 22.6 Å². The molecule has 168 valence electrons. The lowest BCUT2D eigenvalue weighted by Gasteiger charge is -2.16. The van der Waals surface area contributed by atoms with Crippen molar-refractivity contribution in [1.29, 1.82) is 0 Å². The molecule has 3 aromatic rings. The van der Waals surface area contributed by atoms with E-state index in [9.17, 15) is 9.59 Å². The molecule has 1 aromatic heterocycles. The maximum absolute atomic E-state index is 12.6. The van der Waals surface area contributed by atoms with Gasteiger partial charge in [0.15, 0.2) is 0 Å². The lowest BCUT2D eigenvalue weighted by Crippen LogP contribution is -2.29. The van der Waals surface area contributed by atoms with E-state index in [0.717, 1.165) is 11.1 Å². The quantitative estimate of drug-likeness (QED) is 0.497. The first-order chi connectivity index (χ1) is 15.5. The van der Waals surface area contributed by atoms with E-state index in [1.54, 1.807) is 60.5 Å². The highest BCUT2D eigenvalue weighted by atomic mass is 35.5. The fourth-order valence-corrected chi connectivity index (χ4v) is 3.10. The molecular weight excluding hydrogens is 432 g/mol. The summed E-state index contributed by atoms with van der Waals surface area (Å²) in [6.45, 7) is 2.99. The summed E-state index contributed by atoms with van der Waals surface area (Å²) in [5.41, 5.74) is 2.79. The van der Waals surface area contributed by atoms with Gasteiger partial charge in [-0.15, -0.1) is 0 Å². The number of aromatic nitrogens is 2. The van der Waals surface area contributed by atoms with Crippen LogP contribution in [-0.4, -0.2) is 35.5 Å². The van der Waals surface area contributed by atoms with E-state index in [1.165, 1.54) is 0 Å². The molecule has 3 rings (SSSR count). The van der Waals surface area contributed by atoms with Crippen LogP contribution >= 0.6 is 11.6 Å². The van der Waals surface area contributed by atoms with Gasteiger partial charge >= 0.3 is 6.09 Å². The maximum atomic E-state index is 12.6. The van der Waals surface area contributed by atoms with Crippen LogP contribution in [0, 0.1) is 0 Å².